The molecule has 0 saturated carbocycles. The van der Waals surface area contributed by atoms with E-state index in [0.717, 1.165) is 55.2 Å². The van der Waals surface area contributed by atoms with E-state index >= 15 is 0 Å². The lowest BCUT2D eigenvalue weighted by molar-refractivity contribution is 0.0200. The van der Waals surface area contributed by atoms with Gasteiger partial charge in [-0.3, -0.25) is 0 Å². The molecule has 2 unspecified atom stereocenters. The number of halogens is 1. The van der Waals surface area contributed by atoms with Crippen LogP contribution in [0.25, 0.3) is 11.0 Å². The van der Waals surface area contributed by atoms with Gasteiger partial charge in [-0.05, 0) is 55.8 Å². The van der Waals surface area contributed by atoms with Crippen LogP contribution in [-0.2, 0) is 12.8 Å². The van der Waals surface area contributed by atoms with E-state index in [1.807, 2.05) is 6.07 Å². The third-order valence-corrected chi connectivity index (χ3v) is 4.74. The second-order valence-electron chi connectivity index (χ2n) is 6.49. The molecule has 0 amide bonds. The quantitative estimate of drug-likeness (QED) is 0.539. The number of aliphatic hydroxyl groups excluding tert-OH is 2. The van der Waals surface area contributed by atoms with Crippen molar-refractivity contribution in [2.75, 3.05) is 13.1 Å². The SMILES string of the molecule is CCCNCC(O)C(O)c1cccc2oc(=O)c3c(c12)CCCC3.Cl. The number of aliphatic hydroxyl groups is 2. The van der Waals surface area contributed by atoms with Gasteiger partial charge in [-0.15, -0.1) is 12.4 Å². The van der Waals surface area contributed by atoms with Crippen LogP contribution in [0, 0.1) is 0 Å². The van der Waals surface area contributed by atoms with Crippen molar-refractivity contribution >= 4 is 23.4 Å². The lowest BCUT2D eigenvalue weighted by Gasteiger charge is -2.23. The van der Waals surface area contributed by atoms with Crippen LogP contribution in [-0.4, -0.2) is 29.4 Å². The van der Waals surface area contributed by atoms with Gasteiger partial charge in [-0.2, -0.15) is 0 Å². The van der Waals surface area contributed by atoms with Crippen molar-refractivity contribution in [1.82, 2.24) is 5.32 Å². The monoisotopic (exact) mass is 367 g/mol. The normalized spacial score (nSPS) is 16.1. The summed E-state index contributed by atoms with van der Waals surface area (Å²) in [7, 11) is 0. The summed E-state index contributed by atoms with van der Waals surface area (Å²) in [5, 5.41) is 24.9. The van der Waals surface area contributed by atoms with E-state index in [-0.39, 0.29) is 18.0 Å². The molecule has 1 heterocycles. The number of hydrogen-bond donors (Lipinski definition) is 3. The topological polar surface area (TPSA) is 82.7 Å². The molecule has 25 heavy (non-hydrogen) atoms. The number of rotatable bonds is 6. The lowest BCUT2D eigenvalue weighted by Crippen LogP contribution is -2.32. The fraction of sp³-hybridized carbons (Fsp3) is 0.526. The zero-order valence-electron chi connectivity index (χ0n) is 14.5. The number of benzene rings is 1. The Bertz CT molecular complexity index is 774. The summed E-state index contributed by atoms with van der Waals surface area (Å²) in [5.74, 6) is 0. The predicted octanol–water partition coefficient (Wildman–Crippen LogP) is 2.49. The summed E-state index contributed by atoms with van der Waals surface area (Å²) >= 11 is 0. The second-order valence-corrected chi connectivity index (χ2v) is 6.49. The van der Waals surface area contributed by atoms with E-state index < -0.39 is 12.2 Å². The minimum atomic E-state index is -1.02. The Labute approximate surface area is 153 Å². The Hall–Kier alpha value is -1.40. The minimum Gasteiger partial charge on any atom is -0.422 e. The Morgan fingerprint density at radius 2 is 1.92 bits per heavy atom. The summed E-state index contributed by atoms with van der Waals surface area (Å²) in [4.78, 5) is 12.2. The van der Waals surface area contributed by atoms with Gasteiger partial charge in [0.1, 0.15) is 11.7 Å². The third kappa shape index (κ3) is 4.06. The standard InChI is InChI=1S/C19H25NO4.ClH/c1-2-10-20-11-15(21)18(22)14-8-5-9-16-17(14)12-6-3-4-7-13(12)19(23)24-16;/h5,8-9,15,18,20-22H,2-4,6-7,10-11H2,1H3;1H. The van der Waals surface area contributed by atoms with E-state index in [2.05, 4.69) is 12.2 Å². The molecule has 2 aromatic rings. The maximum absolute atomic E-state index is 12.2. The zero-order valence-corrected chi connectivity index (χ0v) is 15.3. The van der Waals surface area contributed by atoms with E-state index in [4.69, 9.17) is 4.42 Å². The molecule has 0 spiro atoms. The molecular weight excluding hydrogens is 342 g/mol. The van der Waals surface area contributed by atoms with Crippen LogP contribution in [0.15, 0.2) is 27.4 Å². The summed E-state index contributed by atoms with van der Waals surface area (Å²) in [6.45, 7) is 3.17. The largest absolute Gasteiger partial charge is 0.422 e. The number of nitrogens with one attached hydrogen (secondary N) is 1. The maximum Gasteiger partial charge on any atom is 0.339 e. The molecule has 3 N–H and O–H groups in total. The fourth-order valence-electron chi connectivity index (χ4n) is 3.52. The molecule has 138 valence electrons. The highest BCUT2D eigenvalue weighted by atomic mass is 35.5. The van der Waals surface area contributed by atoms with Crippen LogP contribution in [0.5, 0.6) is 0 Å². The number of hydrogen-bond acceptors (Lipinski definition) is 5. The number of aryl methyl sites for hydroxylation is 1. The van der Waals surface area contributed by atoms with Crippen molar-refractivity contribution in [3.63, 3.8) is 0 Å². The molecule has 0 aliphatic heterocycles. The minimum absolute atomic E-state index is 0. The molecule has 3 rings (SSSR count). The highest BCUT2D eigenvalue weighted by molar-refractivity contribution is 5.86. The van der Waals surface area contributed by atoms with Gasteiger partial charge in [-0.25, -0.2) is 4.79 Å². The summed E-state index contributed by atoms with van der Waals surface area (Å²) in [6.07, 6.45) is 2.58. The van der Waals surface area contributed by atoms with Crippen molar-refractivity contribution in [3.05, 3.63) is 45.3 Å². The number of fused-ring (bicyclic) bond motifs is 3. The van der Waals surface area contributed by atoms with Crippen LogP contribution in [0.1, 0.15) is 49.0 Å². The Balaban J connectivity index is 0.00000225. The molecule has 0 saturated heterocycles. The van der Waals surface area contributed by atoms with Gasteiger partial charge >= 0.3 is 5.63 Å². The molecule has 0 bridgehead atoms. The van der Waals surface area contributed by atoms with Crippen molar-refractivity contribution < 1.29 is 14.6 Å². The first kappa shape index (κ1) is 19.9. The molecule has 1 aliphatic carbocycles. The average molecular weight is 368 g/mol. The second kappa shape index (κ2) is 8.81. The molecule has 2 atom stereocenters. The van der Waals surface area contributed by atoms with Gasteiger partial charge in [0.25, 0.3) is 0 Å². The van der Waals surface area contributed by atoms with Crippen LogP contribution >= 0.6 is 12.4 Å². The smallest absolute Gasteiger partial charge is 0.339 e. The van der Waals surface area contributed by atoms with Gasteiger partial charge < -0.3 is 19.9 Å². The first-order valence-electron chi connectivity index (χ1n) is 8.77. The highest BCUT2D eigenvalue weighted by Crippen LogP contribution is 2.33. The van der Waals surface area contributed by atoms with Crippen molar-refractivity contribution in [1.29, 1.82) is 0 Å². The Morgan fingerprint density at radius 1 is 1.20 bits per heavy atom. The first-order valence-corrected chi connectivity index (χ1v) is 8.77. The van der Waals surface area contributed by atoms with Gasteiger partial charge in [-0.1, -0.05) is 19.1 Å². The maximum atomic E-state index is 12.2. The molecule has 0 fully saturated rings. The summed E-state index contributed by atoms with van der Waals surface area (Å²) in [6, 6.07) is 5.32. The average Bonchev–Trinajstić information content (AvgIpc) is 2.61. The summed E-state index contributed by atoms with van der Waals surface area (Å²) in [5.41, 5.74) is 2.57. The van der Waals surface area contributed by atoms with Crippen LogP contribution in [0.4, 0.5) is 0 Å². The van der Waals surface area contributed by atoms with Crippen molar-refractivity contribution in [2.45, 2.75) is 51.2 Å². The molecule has 6 heteroatoms. The van der Waals surface area contributed by atoms with Crippen molar-refractivity contribution in [3.8, 4) is 0 Å². The summed E-state index contributed by atoms with van der Waals surface area (Å²) < 4.78 is 5.47. The van der Waals surface area contributed by atoms with Crippen LogP contribution in [0.2, 0.25) is 0 Å². The van der Waals surface area contributed by atoms with Crippen LogP contribution < -0.4 is 10.9 Å². The fourth-order valence-corrected chi connectivity index (χ4v) is 3.52. The first-order chi connectivity index (χ1) is 11.6. The van der Waals surface area contributed by atoms with E-state index in [1.165, 1.54) is 0 Å². The molecule has 5 nitrogen and oxygen atoms in total. The Kier molecular flexibility index (Phi) is 7.02. The Morgan fingerprint density at radius 3 is 2.64 bits per heavy atom. The van der Waals surface area contributed by atoms with E-state index in [0.29, 0.717) is 17.7 Å². The molecule has 1 aromatic carbocycles. The van der Waals surface area contributed by atoms with Gasteiger partial charge in [0.15, 0.2) is 0 Å². The van der Waals surface area contributed by atoms with E-state index in [9.17, 15) is 15.0 Å². The van der Waals surface area contributed by atoms with Crippen molar-refractivity contribution in [2.24, 2.45) is 0 Å². The van der Waals surface area contributed by atoms with Gasteiger partial charge in [0.05, 0.1) is 6.10 Å². The lowest BCUT2D eigenvalue weighted by atomic mass is 9.87. The zero-order chi connectivity index (χ0) is 17.1. The highest BCUT2D eigenvalue weighted by Gasteiger charge is 2.25. The van der Waals surface area contributed by atoms with Gasteiger partial charge in [0.2, 0.25) is 0 Å². The molecule has 0 radical (unpaired) electrons. The predicted molar refractivity (Wildman–Crippen MR) is 101 cm³/mol. The molecule has 1 aliphatic rings. The van der Waals surface area contributed by atoms with Gasteiger partial charge in [0, 0.05) is 17.5 Å². The third-order valence-electron chi connectivity index (χ3n) is 4.74. The van der Waals surface area contributed by atoms with E-state index in [1.54, 1.807) is 12.1 Å². The van der Waals surface area contributed by atoms with Crippen LogP contribution in [0.3, 0.4) is 0 Å². The molecular formula is C19H26ClNO4. The molecule has 1 aromatic heterocycles.